The van der Waals surface area contributed by atoms with Gasteiger partial charge >= 0.3 is 0 Å². The molecule has 2 aliphatic rings. The molecule has 3 aromatic rings. The number of fused-ring (bicyclic) bond motifs is 1. The van der Waals surface area contributed by atoms with E-state index in [0.29, 0.717) is 37.5 Å². The lowest BCUT2D eigenvalue weighted by molar-refractivity contribution is -0.131. The molecule has 0 unspecified atom stereocenters. The van der Waals surface area contributed by atoms with Crippen LogP contribution in [0.15, 0.2) is 54.5 Å². The molecule has 1 atom stereocenters. The molecular weight excluding hydrogens is 421 g/mol. The molecule has 1 saturated heterocycles. The summed E-state index contributed by atoms with van der Waals surface area (Å²) in [6.07, 6.45) is 7.85. The summed E-state index contributed by atoms with van der Waals surface area (Å²) in [5.74, 6) is 1.05. The van der Waals surface area contributed by atoms with Crippen molar-refractivity contribution >= 4 is 12.0 Å². The molecule has 33 heavy (non-hydrogen) atoms. The highest BCUT2D eigenvalue weighted by atomic mass is 19.1. The van der Waals surface area contributed by atoms with Crippen molar-refractivity contribution in [3.8, 4) is 17.2 Å². The number of halogens is 1. The first-order valence-electron chi connectivity index (χ1n) is 11.2. The maximum atomic E-state index is 13.9. The molecule has 6 nitrogen and oxygen atoms in total. The van der Waals surface area contributed by atoms with Crippen LogP contribution in [0, 0.1) is 12.7 Å². The molecule has 2 aliphatic heterocycles. The van der Waals surface area contributed by atoms with Gasteiger partial charge in [-0.25, -0.2) is 9.37 Å². The molecule has 0 bridgehead atoms. The third kappa shape index (κ3) is 4.11. The van der Waals surface area contributed by atoms with Crippen LogP contribution in [0.3, 0.4) is 0 Å². The van der Waals surface area contributed by atoms with Crippen LogP contribution < -0.4 is 9.47 Å². The number of hydrogen-bond acceptors (Lipinski definition) is 4. The van der Waals surface area contributed by atoms with Crippen molar-refractivity contribution in [2.75, 3.05) is 20.3 Å². The van der Waals surface area contributed by atoms with E-state index in [1.54, 1.807) is 19.5 Å². The third-order valence-corrected chi connectivity index (χ3v) is 6.27. The van der Waals surface area contributed by atoms with Crippen molar-refractivity contribution in [2.45, 2.75) is 32.2 Å². The Morgan fingerprint density at radius 1 is 1.24 bits per heavy atom. The summed E-state index contributed by atoms with van der Waals surface area (Å²) in [6.45, 7) is 3.10. The first-order chi connectivity index (χ1) is 16.0. The Morgan fingerprint density at radius 3 is 2.91 bits per heavy atom. The minimum Gasteiger partial charge on any atom is -0.495 e. The molecule has 0 radical (unpaired) electrons. The molecule has 0 aliphatic carbocycles. The molecule has 7 heteroatoms. The third-order valence-electron chi connectivity index (χ3n) is 6.27. The van der Waals surface area contributed by atoms with E-state index >= 15 is 0 Å². The molecule has 1 fully saturated rings. The zero-order valence-corrected chi connectivity index (χ0v) is 18.8. The van der Waals surface area contributed by atoms with Gasteiger partial charge in [0.2, 0.25) is 5.91 Å². The average Bonchev–Trinajstić information content (AvgIpc) is 3.26. The lowest BCUT2D eigenvalue weighted by Crippen LogP contribution is -2.41. The van der Waals surface area contributed by atoms with Crippen molar-refractivity contribution < 1.29 is 18.7 Å². The Hall–Kier alpha value is -3.61. The number of carbonyl (C=O) groups is 1. The summed E-state index contributed by atoms with van der Waals surface area (Å²) in [4.78, 5) is 19.6. The first-order valence-corrected chi connectivity index (χ1v) is 11.2. The number of piperidine rings is 1. The van der Waals surface area contributed by atoms with Crippen LogP contribution >= 0.6 is 0 Å². The van der Waals surface area contributed by atoms with E-state index in [-0.39, 0.29) is 17.8 Å². The normalized spacial score (nSPS) is 19.4. The van der Waals surface area contributed by atoms with E-state index < -0.39 is 0 Å². The minimum atomic E-state index is -0.315. The zero-order chi connectivity index (χ0) is 22.9. The summed E-state index contributed by atoms with van der Waals surface area (Å²) in [5, 5.41) is 0. The van der Waals surface area contributed by atoms with E-state index in [9.17, 15) is 9.18 Å². The highest BCUT2D eigenvalue weighted by molar-refractivity contribution is 5.99. The Bertz CT molecular complexity index is 1230. The standard InChI is InChI=1S/C26H26FN3O3/c1-17-15-29(16-28-17)23-7-5-18(13-25(23)32-2)12-19-4-3-10-30(26(19)31)22-9-11-33-24-8-6-20(27)14-21(22)24/h5-8,12-16,22H,3-4,9-11H2,1-2H3/b19-12+/t22-/m1/s1. The Labute approximate surface area is 192 Å². The number of hydrogen-bond donors (Lipinski definition) is 0. The van der Waals surface area contributed by atoms with Crippen LogP contribution in [0.1, 0.15) is 42.1 Å². The van der Waals surface area contributed by atoms with Crippen LogP contribution in [0.25, 0.3) is 11.8 Å². The molecule has 0 spiro atoms. The number of nitrogens with zero attached hydrogens (tertiary/aromatic N) is 3. The number of likely N-dealkylation sites (tertiary alicyclic amines) is 1. The Morgan fingerprint density at radius 2 is 2.12 bits per heavy atom. The lowest BCUT2D eigenvalue weighted by Gasteiger charge is -2.38. The van der Waals surface area contributed by atoms with Crippen molar-refractivity contribution in [1.29, 1.82) is 0 Å². The van der Waals surface area contributed by atoms with Gasteiger partial charge in [-0.3, -0.25) is 4.79 Å². The lowest BCUT2D eigenvalue weighted by atomic mass is 9.93. The summed E-state index contributed by atoms with van der Waals surface area (Å²) in [5.41, 5.74) is 4.20. The molecule has 0 saturated carbocycles. The van der Waals surface area contributed by atoms with Gasteiger partial charge in [0.05, 0.1) is 37.5 Å². The van der Waals surface area contributed by atoms with Crippen molar-refractivity contribution in [2.24, 2.45) is 0 Å². The van der Waals surface area contributed by atoms with Crippen LogP contribution in [0.2, 0.25) is 0 Å². The molecule has 0 N–H and O–H groups in total. The Balaban J connectivity index is 1.43. The van der Waals surface area contributed by atoms with Gasteiger partial charge in [0.25, 0.3) is 0 Å². The minimum absolute atomic E-state index is 0.00311. The topological polar surface area (TPSA) is 56.6 Å². The van der Waals surface area contributed by atoms with Crippen LogP contribution in [-0.2, 0) is 4.79 Å². The van der Waals surface area contributed by atoms with E-state index in [2.05, 4.69) is 4.98 Å². The van der Waals surface area contributed by atoms with E-state index in [4.69, 9.17) is 9.47 Å². The first kappa shape index (κ1) is 21.2. The fourth-order valence-corrected chi connectivity index (χ4v) is 4.69. The SMILES string of the molecule is COc1cc(/C=C2\CCCN([C@@H]3CCOc4ccc(F)cc43)C2=O)ccc1-n1cnc(C)c1. The molecule has 2 aromatic carbocycles. The van der Waals surface area contributed by atoms with Gasteiger partial charge in [-0.15, -0.1) is 0 Å². The highest BCUT2D eigenvalue weighted by Crippen LogP contribution is 2.39. The number of aromatic nitrogens is 2. The summed E-state index contributed by atoms with van der Waals surface area (Å²) >= 11 is 0. The van der Waals surface area contributed by atoms with Crippen molar-refractivity contribution in [3.05, 3.63) is 77.1 Å². The van der Waals surface area contributed by atoms with Gasteiger partial charge in [0, 0.05) is 30.3 Å². The highest BCUT2D eigenvalue weighted by Gasteiger charge is 2.34. The predicted octanol–water partition coefficient (Wildman–Crippen LogP) is 4.86. The van der Waals surface area contributed by atoms with Gasteiger partial charge < -0.3 is 18.9 Å². The second kappa shape index (κ2) is 8.73. The number of methoxy groups -OCH3 is 1. The number of amides is 1. The monoisotopic (exact) mass is 447 g/mol. The summed E-state index contributed by atoms with van der Waals surface area (Å²) in [6, 6.07) is 10.2. The maximum Gasteiger partial charge on any atom is 0.250 e. The van der Waals surface area contributed by atoms with Crippen LogP contribution in [0.5, 0.6) is 11.5 Å². The summed E-state index contributed by atoms with van der Waals surface area (Å²) < 4.78 is 27.2. The molecular formula is C26H26FN3O3. The zero-order valence-electron chi connectivity index (χ0n) is 18.8. The molecule has 5 rings (SSSR count). The summed E-state index contributed by atoms with van der Waals surface area (Å²) in [7, 11) is 1.63. The number of aryl methyl sites for hydroxylation is 1. The number of ether oxygens (including phenoxy) is 2. The quantitative estimate of drug-likeness (QED) is 0.536. The largest absolute Gasteiger partial charge is 0.495 e. The molecule has 170 valence electrons. The van der Waals surface area contributed by atoms with Gasteiger partial charge in [-0.1, -0.05) is 6.07 Å². The molecule has 3 heterocycles. The number of carbonyl (C=O) groups excluding carboxylic acids is 1. The van der Waals surface area contributed by atoms with Crippen LogP contribution in [-0.4, -0.2) is 40.6 Å². The molecule has 1 aromatic heterocycles. The van der Waals surface area contributed by atoms with Crippen molar-refractivity contribution in [3.63, 3.8) is 0 Å². The van der Waals surface area contributed by atoms with Gasteiger partial charge in [0.15, 0.2) is 0 Å². The van der Waals surface area contributed by atoms with Crippen LogP contribution in [0.4, 0.5) is 4.39 Å². The van der Waals surface area contributed by atoms with E-state index in [1.165, 1.54) is 12.1 Å². The number of imidazole rings is 1. The average molecular weight is 448 g/mol. The second-order valence-corrected chi connectivity index (χ2v) is 8.46. The second-order valence-electron chi connectivity index (χ2n) is 8.46. The van der Waals surface area contributed by atoms with Gasteiger partial charge in [-0.2, -0.15) is 0 Å². The number of rotatable bonds is 4. The molecule has 1 amide bonds. The van der Waals surface area contributed by atoms with E-state index in [1.807, 2.05) is 46.9 Å². The van der Waals surface area contributed by atoms with Gasteiger partial charge in [0.1, 0.15) is 17.3 Å². The smallest absolute Gasteiger partial charge is 0.250 e. The van der Waals surface area contributed by atoms with E-state index in [0.717, 1.165) is 34.5 Å². The van der Waals surface area contributed by atoms with Crippen molar-refractivity contribution in [1.82, 2.24) is 14.5 Å². The predicted molar refractivity (Wildman–Crippen MR) is 123 cm³/mol. The fourth-order valence-electron chi connectivity index (χ4n) is 4.69. The Kier molecular flexibility index (Phi) is 5.62. The number of benzene rings is 2. The van der Waals surface area contributed by atoms with Gasteiger partial charge in [-0.05, 0) is 61.7 Å². The fraction of sp³-hybridized carbons (Fsp3) is 0.308. The maximum absolute atomic E-state index is 13.9.